The van der Waals surface area contributed by atoms with E-state index in [1.807, 2.05) is 11.8 Å². The number of hydrogen-bond acceptors (Lipinski definition) is 8. The minimum Gasteiger partial charge on any atom is -0.378 e. The van der Waals surface area contributed by atoms with E-state index in [1.165, 1.54) is 30.6 Å². The van der Waals surface area contributed by atoms with Crippen LogP contribution in [0.1, 0.15) is 74.0 Å². The second-order valence-corrected chi connectivity index (χ2v) is 14.8. The fourth-order valence-corrected chi connectivity index (χ4v) is 7.94. The summed E-state index contributed by atoms with van der Waals surface area (Å²) in [5.41, 5.74) is -0.567. The second kappa shape index (κ2) is 12.8. The number of likely N-dealkylation sites (N-methyl/N-ethyl adjacent to an activating group) is 1. The molecule has 2 saturated carbocycles. The van der Waals surface area contributed by atoms with Gasteiger partial charge in [0.2, 0.25) is 17.7 Å². The number of nitrogens with zero attached hydrogens (tertiary/aromatic N) is 3. The van der Waals surface area contributed by atoms with Crippen LogP contribution >= 0.6 is 11.3 Å². The highest BCUT2D eigenvalue weighted by Gasteiger charge is 2.62. The van der Waals surface area contributed by atoms with E-state index in [-0.39, 0.29) is 41.5 Å². The molecule has 0 aromatic carbocycles. The molecule has 11 nitrogen and oxygen atoms in total. The summed E-state index contributed by atoms with van der Waals surface area (Å²) >= 11 is 1.28. The molecular weight excluding hydrogens is 570 g/mol. The van der Waals surface area contributed by atoms with E-state index in [0.717, 1.165) is 19.3 Å². The van der Waals surface area contributed by atoms with E-state index in [0.29, 0.717) is 48.7 Å². The van der Waals surface area contributed by atoms with Crippen LogP contribution < -0.4 is 10.6 Å². The minimum atomic E-state index is -0.869. The average Bonchev–Trinajstić information content (AvgIpc) is 3.30. The highest BCUT2D eigenvalue weighted by Crippen LogP contribution is 2.54. The Labute approximate surface area is 258 Å². The summed E-state index contributed by atoms with van der Waals surface area (Å²) in [6.07, 6.45) is 7.80. The lowest BCUT2D eigenvalue weighted by Gasteiger charge is -2.50. The molecule has 238 valence electrons. The van der Waals surface area contributed by atoms with E-state index in [2.05, 4.69) is 29.5 Å². The van der Waals surface area contributed by atoms with Gasteiger partial charge in [-0.25, -0.2) is 4.98 Å². The predicted octanol–water partition coefficient (Wildman–Crippen LogP) is 2.45. The lowest BCUT2D eigenvalue weighted by atomic mass is 9.70. The monoisotopic (exact) mass is 617 g/mol. The van der Waals surface area contributed by atoms with E-state index < -0.39 is 23.5 Å². The highest BCUT2D eigenvalue weighted by atomic mass is 32.1. The molecule has 2 N–H and O–H groups in total. The van der Waals surface area contributed by atoms with Crippen LogP contribution in [0.15, 0.2) is 6.20 Å². The molecule has 4 aliphatic rings. The Balaban J connectivity index is 1.30. The zero-order valence-corrected chi connectivity index (χ0v) is 27.0. The largest absolute Gasteiger partial charge is 0.378 e. The fraction of sp³-hybridized carbons (Fsp3) is 0.774. The smallest absolute Gasteiger partial charge is 0.265 e. The third kappa shape index (κ3) is 6.76. The molecule has 0 unspecified atom stereocenters. The van der Waals surface area contributed by atoms with E-state index in [4.69, 9.17) is 9.47 Å². The minimum absolute atomic E-state index is 0.00690. The first-order valence-electron chi connectivity index (χ1n) is 15.6. The van der Waals surface area contributed by atoms with Gasteiger partial charge in [0.15, 0.2) is 0 Å². The molecule has 2 aliphatic heterocycles. The van der Waals surface area contributed by atoms with Gasteiger partial charge in [-0.05, 0) is 37.5 Å². The summed E-state index contributed by atoms with van der Waals surface area (Å²) in [7, 11) is 3.13. The van der Waals surface area contributed by atoms with Crippen LogP contribution in [0.3, 0.4) is 0 Å². The van der Waals surface area contributed by atoms with Gasteiger partial charge in [-0.2, -0.15) is 0 Å². The number of thiazole rings is 1. The fourth-order valence-electron chi connectivity index (χ4n) is 7.08. The molecule has 0 bridgehead atoms. The topological polar surface area (TPSA) is 130 Å². The molecule has 4 fully saturated rings. The normalized spacial score (nSPS) is 25.6. The van der Waals surface area contributed by atoms with Crippen molar-refractivity contribution in [3.05, 3.63) is 16.1 Å². The molecule has 4 amide bonds. The summed E-state index contributed by atoms with van der Waals surface area (Å²) in [5.74, 6) is -0.763. The molecule has 12 heteroatoms. The van der Waals surface area contributed by atoms with Crippen LogP contribution in [0, 0.1) is 28.6 Å². The number of rotatable bonds is 11. The van der Waals surface area contributed by atoms with Gasteiger partial charge in [0.1, 0.15) is 15.9 Å². The molecule has 43 heavy (non-hydrogen) atoms. The molecule has 4 atom stereocenters. The number of aromatic nitrogens is 1. The molecule has 2 saturated heterocycles. The third-order valence-corrected chi connectivity index (χ3v) is 11.0. The van der Waals surface area contributed by atoms with Gasteiger partial charge in [0, 0.05) is 58.3 Å². The zero-order valence-electron chi connectivity index (χ0n) is 26.1. The molecule has 1 aromatic heterocycles. The van der Waals surface area contributed by atoms with Gasteiger partial charge in [0.05, 0.1) is 24.8 Å². The third-order valence-electron chi connectivity index (χ3n) is 10.0. The van der Waals surface area contributed by atoms with E-state index in [1.54, 1.807) is 25.3 Å². The summed E-state index contributed by atoms with van der Waals surface area (Å²) in [6, 6.07) is -0.869. The number of likely N-dealkylation sites (tertiary alicyclic amines) is 2. The number of ether oxygens (including phenoxy) is 2. The first-order valence-corrected chi connectivity index (χ1v) is 16.4. The summed E-state index contributed by atoms with van der Waals surface area (Å²) in [6.45, 7) is 8.30. The maximum atomic E-state index is 14.0. The average molecular weight is 618 g/mol. The van der Waals surface area contributed by atoms with Crippen molar-refractivity contribution in [2.45, 2.75) is 78.0 Å². The molecule has 1 aromatic rings. The quantitative estimate of drug-likeness (QED) is 0.390. The highest BCUT2D eigenvalue weighted by molar-refractivity contribution is 7.13. The summed E-state index contributed by atoms with van der Waals surface area (Å²) in [5, 5.41) is 6.37. The number of carbonyl (C=O) groups excluding carboxylic acids is 4. The Morgan fingerprint density at radius 3 is 2.40 bits per heavy atom. The van der Waals surface area contributed by atoms with Crippen molar-refractivity contribution in [2.75, 3.05) is 46.9 Å². The number of methoxy groups -OCH3 is 1. The van der Waals surface area contributed by atoms with E-state index >= 15 is 0 Å². The molecule has 3 heterocycles. The van der Waals surface area contributed by atoms with Crippen LogP contribution in [0.25, 0.3) is 0 Å². The molecule has 2 aliphatic carbocycles. The lowest BCUT2D eigenvalue weighted by Crippen LogP contribution is -2.65. The van der Waals surface area contributed by atoms with Crippen LogP contribution in [0.4, 0.5) is 0 Å². The number of amides is 4. The van der Waals surface area contributed by atoms with Crippen molar-refractivity contribution in [2.24, 2.45) is 28.6 Å². The van der Waals surface area contributed by atoms with Gasteiger partial charge in [-0.15, -0.1) is 11.3 Å². The zero-order chi connectivity index (χ0) is 30.9. The molecule has 0 radical (unpaired) electrons. The van der Waals surface area contributed by atoms with Crippen molar-refractivity contribution < 1.29 is 28.7 Å². The number of carbonyl (C=O) groups is 4. The van der Waals surface area contributed by atoms with Crippen LogP contribution in [-0.2, 0) is 30.5 Å². The van der Waals surface area contributed by atoms with Crippen LogP contribution in [-0.4, -0.2) is 97.5 Å². The van der Waals surface area contributed by atoms with Crippen molar-refractivity contribution in [1.29, 1.82) is 0 Å². The van der Waals surface area contributed by atoms with Crippen molar-refractivity contribution in [3.63, 3.8) is 0 Å². The Morgan fingerprint density at radius 1 is 1.09 bits per heavy atom. The van der Waals surface area contributed by atoms with Crippen LogP contribution in [0.5, 0.6) is 0 Å². The SMILES string of the molecule is CNC(=O)[C@@H](NC(=O)[C@H]1CN(C(=O)c2cnc(COC)s2)CC12CN(C(=O)[C@H]1CC1(C)C)C2)[C@@H](C)OCC1CCCCC1. The summed E-state index contributed by atoms with van der Waals surface area (Å²) in [4.78, 5) is 62.0. The van der Waals surface area contributed by atoms with Crippen molar-refractivity contribution in [3.8, 4) is 0 Å². The van der Waals surface area contributed by atoms with Crippen molar-refractivity contribution >= 4 is 35.0 Å². The number of nitrogens with one attached hydrogen (secondary N) is 2. The number of hydrogen-bond donors (Lipinski definition) is 2. The van der Waals surface area contributed by atoms with Gasteiger partial charge >= 0.3 is 0 Å². The van der Waals surface area contributed by atoms with Gasteiger partial charge in [-0.1, -0.05) is 33.1 Å². The lowest BCUT2D eigenvalue weighted by molar-refractivity contribution is -0.152. The first kappa shape index (κ1) is 31.8. The van der Waals surface area contributed by atoms with Crippen molar-refractivity contribution in [1.82, 2.24) is 25.4 Å². The summed E-state index contributed by atoms with van der Waals surface area (Å²) < 4.78 is 11.3. The predicted molar refractivity (Wildman–Crippen MR) is 161 cm³/mol. The standard InChI is InChI=1S/C31H47N5O6S/c1-19(42-14-20-9-7-6-8-10-20)25(27(38)32-4)34-26(37)22-13-35(29(40)23-12-33-24(43-23)15-41-5)16-31(22)17-36(18-31)28(39)21-11-30(21,2)3/h12,19-22,25H,6-11,13-18H2,1-5H3,(H,32,38)(H,34,37)/t19-,21-,22-,25+/m1/s1. The maximum absolute atomic E-state index is 14.0. The van der Waals surface area contributed by atoms with Crippen LogP contribution in [0.2, 0.25) is 0 Å². The Kier molecular flexibility index (Phi) is 9.48. The molecule has 5 rings (SSSR count). The molecule has 1 spiro atoms. The maximum Gasteiger partial charge on any atom is 0.265 e. The van der Waals surface area contributed by atoms with Gasteiger partial charge < -0.3 is 29.9 Å². The second-order valence-electron chi connectivity index (χ2n) is 13.7. The van der Waals surface area contributed by atoms with E-state index in [9.17, 15) is 19.2 Å². The molecular formula is C31H47N5O6S. The Morgan fingerprint density at radius 2 is 1.77 bits per heavy atom. The first-order chi connectivity index (χ1) is 20.5. The van der Waals surface area contributed by atoms with Gasteiger partial charge in [-0.3, -0.25) is 19.2 Å². The van der Waals surface area contributed by atoms with Gasteiger partial charge in [0.25, 0.3) is 5.91 Å². The Hall–Kier alpha value is -2.57. The Bertz CT molecular complexity index is 1210.